The van der Waals surface area contributed by atoms with E-state index in [1.165, 1.54) is 31.4 Å². The van der Waals surface area contributed by atoms with E-state index in [2.05, 4.69) is 22.9 Å². The lowest BCUT2D eigenvalue weighted by Gasteiger charge is -2.22. The predicted octanol–water partition coefficient (Wildman–Crippen LogP) is 7.60. The number of esters is 1. The van der Waals surface area contributed by atoms with Gasteiger partial charge in [-0.2, -0.15) is 0 Å². The SMILES string of the molecule is CCCCCCCOc1ccc(C(=O)Oc2ccc(CC(NC(=O)c3ccc(NC(=O)Cc4ccc(OC)cc4)cc3)C(=O)N[C@@H](Cc3ccccc3)C(=O)O)cc2)cc1. The van der Waals surface area contributed by atoms with Crippen LogP contribution in [0.5, 0.6) is 17.2 Å². The second-order valence-corrected chi connectivity index (χ2v) is 14.3. The molecule has 5 rings (SSSR count). The van der Waals surface area contributed by atoms with Crippen LogP contribution in [0.1, 0.15) is 76.4 Å². The molecule has 2 atom stereocenters. The van der Waals surface area contributed by atoms with Crippen molar-refractivity contribution in [2.24, 2.45) is 0 Å². The molecule has 12 nitrogen and oxygen atoms in total. The zero-order chi connectivity index (χ0) is 42.7. The van der Waals surface area contributed by atoms with Crippen molar-refractivity contribution in [3.63, 3.8) is 0 Å². The van der Waals surface area contributed by atoms with Crippen LogP contribution in [-0.4, -0.2) is 60.6 Å². The van der Waals surface area contributed by atoms with E-state index in [1.54, 1.807) is 116 Å². The summed E-state index contributed by atoms with van der Waals surface area (Å²) in [6, 6.07) is 33.0. The summed E-state index contributed by atoms with van der Waals surface area (Å²) in [6.45, 7) is 2.79. The van der Waals surface area contributed by atoms with Gasteiger partial charge in [0.1, 0.15) is 29.3 Å². The Labute approximate surface area is 350 Å². The summed E-state index contributed by atoms with van der Waals surface area (Å²) in [5.74, 6) is -1.69. The third kappa shape index (κ3) is 14.2. The average Bonchev–Trinajstić information content (AvgIpc) is 3.26. The molecule has 0 spiro atoms. The van der Waals surface area contributed by atoms with Crippen LogP contribution in [0, 0.1) is 0 Å². The van der Waals surface area contributed by atoms with Crippen molar-refractivity contribution in [3.05, 3.63) is 155 Å². The first-order valence-corrected chi connectivity index (χ1v) is 20.0. The second kappa shape index (κ2) is 22.8. The average molecular weight is 814 g/mol. The Kier molecular flexibility index (Phi) is 16.8. The van der Waals surface area contributed by atoms with E-state index in [0.29, 0.717) is 40.5 Å². The highest BCUT2D eigenvalue weighted by Crippen LogP contribution is 2.19. The summed E-state index contributed by atoms with van der Waals surface area (Å²) in [5, 5.41) is 18.1. The number of nitrogens with one attached hydrogen (secondary N) is 3. The number of carbonyl (C=O) groups is 5. The highest BCUT2D eigenvalue weighted by molar-refractivity contribution is 5.99. The zero-order valence-electron chi connectivity index (χ0n) is 33.9. The van der Waals surface area contributed by atoms with Crippen LogP contribution < -0.4 is 30.2 Å². The van der Waals surface area contributed by atoms with E-state index >= 15 is 0 Å². The number of ether oxygens (including phenoxy) is 3. The lowest BCUT2D eigenvalue weighted by molar-refractivity contribution is -0.142. The largest absolute Gasteiger partial charge is 0.497 e. The van der Waals surface area contributed by atoms with Crippen LogP contribution in [0.15, 0.2) is 127 Å². The number of unbranched alkanes of at least 4 members (excludes halogenated alkanes) is 4. The minimum absolute atomic E-state index is 0.0109. The van der Waals surface area contributed by atoms with Crippen molar-refractivity contribution < 1.29 is 43.3 Å². The zero-order valence-corrected chi connectivity index (χ0v) is 33.9. The number of anilines is 1. The lowest BCUT2D eigenvalue weighted by atomic mass is 10.0. The minimum Gasteiger partial charge on any atom is -0.497 e. The molecule has 312 valence electrons. The fourth-order valence-corrected chi connectivity index (χ4v) is 6.29. The summed E-state index contributed by atoms with van der Waals surface area (Å²) < 4.78 is 16.5. The van der Waals surface area contributed by atoms with E-state index < -0.39 is 35.8 Å². The van der Waals surface area contributed by atoms with Gasteiger partial charge in [0.2, 0.25) is 11.8 Å². The monoisotopic (exact) mass is 813 g/mol. The number of hydrogen-bond donors (Lipinski definition) is 4. The smallest absolute Gasteiger partial charge is 0.343 e. The Balaban J connectivity index is 1.22. The van der Waals surface area contributed by atoms with Crippen molar-refractivity contribution in [1.29, 1.82) is 0 Å². The topological polar surface area (TPSA) is 169 Å². The molecule has 0 heterocycles. The van der Waals surface area contributed by atoms with Gasteiger partial charge in [0.25, 0.3) is 5.91 Å². The predicted molar refractivity (Wildman–Crippen MR) is 229 cm³/mol. The molecule has 0 aliphatic carbocycles. The number of benzene rings is 5. The fourth-order valence-electron chi connectivity index (χ4n) is 6.29. The van der Waals surface area contributed by atoms with Crippen LogP contribution in [0.2, 0.25) is 0 Å². The molecule has 0 fully saturated rings. The molecule has 0 saturated heterocycles. The Bertz CT molecular complexity index is 2160. The summed E-state index contributed by atoms with van der Waals surface area (Å²) in [5.41, 5.74) is 3.15. The molecule has 0 saturated carbocycles. The van der Waals surface area contributed by atoms with Gasteiger partial charge in [-0.05, 0) is 95.9 Å². The van der Waals surface area contributed by atoms with Gasteiger partial charge in [-0.15, -0.1) is 0 Å². The number of aliphatic carboxylic acids is 1. The molecule has 12 heteroatoms. The fraction of sp³-hybridized carbons (Fsp3) is 0.271. The number of carbonyl (C=O) groups excluding carboxylic acids is 4. The lowest BCUT2D eigenvalue weighted by Crippen LogP contribution is -2.53. The summed E-state index contributed by atoms with van der Waals surface area (Å²) >= 11 is 0. The Hall–Kier alpha value is -6.95. The molecule has 1 unspecified atom stereocenters. The van der Waals surface area contributed by atoms with Gasteiger partial charge < -0.3 is 35.3 Å². The van der Waals surface area contributed by atoms with Crippen molar-refractivity contribution in [2.45, 2.75) is 70.4 Å². The van der Waals surface area contributed by atoms with Crippen LogP contribution in [-0.2, 0) is 33.6 Å². The molecule has 3 amide bonds. The van der Waals surface area contributed by atoms with E-state index in [0.717, 1.165) is 18.4 Å². The Morgan fingerprint density at radius 3 is 1.83 bits per heavy atom. The first-order valence-electron chi connectivity index (χ1n) is 20.0. The van der Waals surface area contributed by atoms with Gasteiger partial charge in [-0.3, -0.25) is 14.4 Å². The highest BCUT2D eigenvalue weighted by atomic mass is 16.5. The van der Waals surface area contributed by atoms with E-state index in [-0.39, 0.29) is 36.5 Å². The minimum atomic E-state index is -1.27. The second-order valence-electron chi connectivity index (χ2n) is 14.3. The van der Waals surface area contributed by atoms with Crippen LogP contribution in [0.3, 0.4) is 0 Å². The van der Waals surface area contributed by atoms with Gasteiger partial charge in [0.05, 0.1) is 25.7 Å². The number of carboxylic acids is 1. The normalized spacial score (nSPS) is 11.7. The maximum atomic E-state index is 13.8. The van der Waals surface area contributed by atoms with Gasteiger partial charge in [0, 0.05) is 24.1 Å². The van der Waals surface area contributed by atoms with Crippen molar-refractivity contribution in [3.8, 4) is 17.2 Å². The van der Waals surface area contributed by atoms with Crippen LogP contribution in [0.25, 0.3) is 0 Å². The third-order valence-corrected chi connectivity index (χ3v) is 9.65. The molecule has 0 aromatic heterocycles. The number of carboxylic acid groups (broad SMARTS) is 1. The molecule has 5 aromatic carbocycles. The molecular weight excluding hydrogens is 763 g/mol. The van der Waals surface area contributed by atoms with E-state index in [4.69, 9.17) is 14.2 Å². The van der Waals surface area contributed by atoms with E-state index in [9.17, 15) is 29.1 Å². The van der Waals surface area contributed by atoms with Crippen LogP contribution in [0.4, 0.5) is 5.69 Å². The van der Waals surface area contributed by atoms with Gasteiger partial charge in [-0.1, -0.05) is 87.2 Å². The number of amides is 3. The summed E-state index contributed by atoms with van der Waals surface area (Å²) in [7, 11) is 1.57. The molecule has 4 N–H and O–H groups in total. The summed E-state index contributed by atoms with van der Waals surface area (Å²) in [6.07, 6.45) is 5.83. The quantitative estimate of drug-likeness (QED) is 0.0312. The molecular formula is C48H51N3O9. The van der Waals surface area contributed by atoms with Crippen molar-refractivity contribution in [1.82, 2.24) is 10.6 Å². The molecule has 0 bridgehead atoms. The highest BCUT2D eigenvalue weighted by Gasteiger charge is 2.28. The Morgan fingerprint density at radius 2 is 1.18 bits per heavy atom. The van der Waals surface area contributed by atoms with Crippen molar-refractivity contribution >= 4 is 35.3 Å². The van der Waals surface area contributed by atoms with Gasteiger partial charge in [-0.25, -0.2) is 9.59 Å². The summed E-state index contributed by atoms with van der Waals surface area (Å²) in [4.78, 5) is 65.1. The maximum Gasteiger partial charge on any atom is 0.343 e. The standard InChI is InChI=1S/C48H51N3O9/c1-3-4-5-6-10-29-59-40-27-19-37(20-28-40)48(57)60-41-25-15-34(16-26-41)30-42(46(54)51-43(47(55)56)31-33-11-8-7-9-12-33)50-45(53)36-17-21-38(22-18-36)49-44(52)32-35-13-23-39(58-2)24-14-35/h7-9,11-28,42-43H,3-6,10,29-32H2,1-2H3,(H,49,52)(H,50,53)(H,51,54)(H,55,56)/t42?,43-/m0/s1. The molecule has 0 radical (unpaired) electrons. The maximum absolute atomic E-state index is 13.8. The molecule has 0 aliphatic rings. The molecule has 5 aromatic rings. The first kappa shape index (κ1) is 44.2. The molecule has 60 heavy (non-hydrogen) atoms. The molecule has 0 aliphatic heterocycles. The number of hydrogen-bond acceptors (Lipinski definition) is 8. The van der Waals surface area contributed by atoms with Gasteiger partial charge in [0.15, 0.2) is 0 Å². The van der Waals surface area contributed by atoms with Crippen LogP contribution >= 0.6 is 0 Å². The number of methoxy groups -OCH3 is 1. The van der Waals surface area contributed by atoms with Crippen molar-refractivity contribution in [2.75, 3.05) is 19.0 Å². The first-order chi connectivity index (χ1) is 29.1. The van der Waals surface area contributed by atoms with E-state index in [1.807, 2.05) is 6.07 Å². The third-order valence-electron chi connectivity index (χ3n) is 9.65. The Morgan fingerprint density at radius 1 is 0.600 bits per heavy atom. The van der Waals surface area contributed by atoms with Gasteiger partial charge >= 0.3 is 11.9 Å². The number of rotatable bonds is 22.